The Morgan fingerprint density at radius 3 is 2.48 bits per heavy atom. The number of carbonyl (C=O) groups is 2. The summed E-state index contributed by atoms with van der Waals surface area (Å²) in [7, 11) is 1.36. The number of hydrogen-bond acceptors (Lipinski definition) is 5. The van der Waals surface area contributed by atoms with Gasteiger partial charge in [-0.05, 0) is 56.0 Å². The molecule has 6 heteroatoms. The van der Waals surface area contributed by atoms with Crippen molar-refractivity contribution in [1.82, 2.24) is 5.32 Å². The molecule has 150 valence electrons. The van der Waals surface area contributed by atoms with Crippen molar-refractivity contribution in [3.63, 3.8) is 0 Å². The summed E-state index contributed by atoms with van der Waals surface area (Å²) < 4.78 is 18.3. The Morgan fingerprint density at radius 1 is 1.14 bits per heavy atom. The molecule has 0 bridgehead atoms. The van der Waals surface area contributed by atoms with Gasteiger partial charge >= 0.3 is 5.97 Å². The first-order valence-electron chi connectivity index (χ1n) is 9.53. The summed E-state index contributed by atoms with van der Waals surface area (Å²) >= 11 is 1.59. The Labute approximate surface area is 173 Å². The number of methoxy groups -OCH3 is 1. The van der Waals surface area contributed by atoms with Gasteiger partial charge in [0.05, 0.1) is 18.6 Å². The largest absolute Gasteiger partial charge is 0.466 e. The molecule has 1 aromatic heterocycles. The Morgan fingerprint density at radius 2 is 1.86 bits per heavy atom. The smallest absolute Gasteiger partial charge is 0.336 e. The molecule has 2 aliphatic rings. The van der Waals surface area contributed by atoms with Crippen molar-refractivity contribution < 1.29 is 18.7 Å². The lowest BCUT2D eigenvalue weighted by Gasteiger charge is -2.36. The van der Waals surface area contributed by atoms with Gasteiger partial charge in [0, 0.05) is 33.1 Å². The summed E-state index contributed by atoms with van der Waals surface area (Å²) in [6.45, 7) is 3.85. The van der Waals surface area contributed by atoms with E-state index in [4.69, 9.17) is 4.74 Å². The number of allylic oxidation sites excluding steroid dienone is 3. The van der Waals surface area contributed by atoms with Gasteiger partial charge in [-0.15, -0.1) is 11.3 Å². The third-order valence-electron chi connectivity index (χ3n) is 5.62. The first-order valence-corrected chi connectivity index (χ1v) is 10.3. The number of dihydropyridines is 1. The number of Topliss-reactive ketones (excluding diaryl/α,β-unsaturated/α-hetero) is 1. The van der Waals surface area contributed by atoms with Gasteiger partial charge in [0.15, 0.2) is 5.78 Å². The van der Waals surface area contributed by atoms with Crippen molar-refractivity contribution >= 4 is 23.1 Å². The normalized spacial score (nSPS) is 21.7. The quantitative estimate of drug-likeness (QED) is 0.742. The van der Waals surface area contributed by atoms with Crippen LogP contribution in [0.2, 0.25) is 0 Å². The second-order valence-electron chi connectivity index (χ2n) is 7.51. The van der Waals surface area contributed by atoms with Crippen LogP contribution in [0.15, 0.2) is 58.9 Å². The lowest BCUT2D eigenvalue weighted by Crippen LogP contribution is -2.35. The van der Waals surface area contributed by atoms with E-state index >= 15 is 0 Å². The average molecular weight is 411 g/mol. The average Bonchev–Trinajstić information content (AvgIpc) is 3.12. The topological polar surface area (TPSA) is 55.4 Å². The van der Waals surface area contributed by atoms with E-state index < -0.39 is 11.9 Å². The molecule has 0 unspecified atom stereocenters. The van der Waals surface area contributed by atoms with E-state index in [0.717, 1.165) is 21.0 Å². The molecule has 2 aromatic rings. The first kappa shape index (κ1) is 19.6. The van der Waals surface area contributed by atoms with Gasteiger partial charge in [-0.25, -0.2) is 9.18 Å². The minimum atomic E-state index is -0.425. The van der Waals surface area contributed by atoms with E-state index in [-0.39, 0.29) is 17.5 Å². The molecule has 0 saturated heterocycles. The number of hydrogen-bond donors (Lipinski definition) is 1. The van der Waals surface area contributed by atoms with Gasteiger partial charge in [-0.3, -0.25) is 4.79 Å². The highest BCUT2D eigenvalue weighted by atomic mass is 32.1. The molecule has 2 atom stereocenters. The van der Waals surface area contributed by atoms with Gasteiger partial charge in [0.1, 0.15) is 5.82 Å². The van der Waals surface area contributed by atoms with Crippen molar-refractivity contribution in [1.29, 1.82) is 0 Å². The van der Waals surface area contributed by atoms with Crippen LogP contribution < -0.4 is 5.32 Å². The minimum Gasteiger partial charge on any atom is -0.466 e. The molecule has 1 aliphatic heterocycles. The second-order valence-corrected chi connectivity index (χ2v) is 8.83. The van der Waals surface area contributed by atoms with E-state index in [0.29, 0.717) is 29.7 Å². The molecule has 0 saturated carbocycles. The molecule has 1 N–H and O–H groups in total. The fourth-order valence-corrected chi connectivity index (χ4v) is 5.28. The molecule has 29 heavy (non-hydrogen) atoms. The number of aryl methyl sites for hydroxylation is 1. The van der Waals surface area contributed by atoms with Crippen LogP contribution in [0.5, 0.6) is 0 Å². The number of rotatable bonds is 3. The van der Waals surface area contributed by atoms with E-state index in [1.165, 1.54) is 19.2 Å². The molecule has 4 rings (SSSR count). The zero-order valence-corrected chi connectivity index (χ0v) is 17.4. The molecule has 1 aromatic carbocycles. The van der Waals surface area contributed by atoms with E-state index in [1.807, 2.05) is 26.0 Å². The van der Waals surface area contributed by atoms with Gasteiger partial charge in [0.2, 0.25) is 0 Å². The Hall–Kier alpha value is -2.73. The maximum Gasteiger partial charge on any atom is 0.336 e. The fraction of sp³-hybridized carbons (Fsp3) is 0.304. The van der Waals surface area contributed by atoms with Crippen molar-refractivity contribution in [3.8, 4) is 0 Å². The number of ketones is 1. The third kappa shape index (κ3) is 3.53. The zero-order valence-electron chi connectivity index (χ0n) is 16.5. The van der Waals surface area contributed by atoms with Crippen LogP contribution in [0.25, 0.3) is 0 Å². The summed E-state index contributed by atoms with van der Waals surface area (Å²) in [6.07, 6.45) is 0.972. The van der Waals surface area contributed by atoms with Gasteiger partial charge < -0.3 is 10.1 Å². The van der Waals surface area contributed by atoms with Crippen LogP contribution in [-0.2, 0) is 14.3 Å². The van der Waals surface area contributed by atoms with E-state index in [2.05, 4.69) is 5.32 Å². The number of nitrogens with one attached hydrogen (secondary N) is 1. The summed E-state index contributed by atoms with van der Waals surface area (Å²) in [4.78, 5) is 28.0. The lowest BCUT2D eigenvalue weighted by molar-refractivity contribution is -0.136. The highest BCUT2D eigenvalue weighted by Crippen LogP contribution is 2.47. The summed E-state index contributed by atoms with van der Waals surface area (Å²) in [5, 5.41) is 3.30. The number of thiophene rings is 1. The van der Waals surface area contributed by atoms with Crippen LogP contribution in [0, 0.1) is 12.7 Å². The standard InChI is InChI=1S/C23H22FNO3S/c1-12-4-9-19(29-12)22-20(23(27)28-3)13(2)25-17-10-15(11-18(26)21(17)22)14-5-7-16(24)8-6-14/h4-9,15,22,25H,10-11H2,1-3H3/t15-,22+/m0/s1. The molecule has 2 heterocycles. The van der Waals surface area contributed by atoms with E-state index in [9.17, 15) is 14.0 Å². The van der Waals surface area contributed by atoms with Crippen LogP contribution in [0.1, 0.15) is 46.9 Å². The molecular formula is C23H22FNO3S. The summed E-state index contributed by atoms with van der Waals surface area (Å²) in [5.41, 5.74) is 3.63. The molecule has 4 nitrogen and oxygen atoms in total. The Kier molecular flexibility index (Phi) is 5.13. The number of carbonyl (C=O) groups excluding carboxylic acids is 2. The highest BCUT2D eigenvalue weighted by molar-refractivity contribution is 7.12. The minimum absolute atomic E-state index is 0.0121. The van der Waals surface area contributed by atoms with Crippen molar-refractivity contribution in [3.05, 3.63) is 80.1 Å². The van der Waals surface area contributed by atoms with Gasteiger partial charge in [-0.1, -0.05) is 12.1 Å². The SMILES string of the molecule is COC(=O)C1=C(C)NC2=C(C(=O)C[C@@H](c3ccc(F)cc3)C2)[C@@H]1c1ccc(C)s1. The number of ether oxygens (including phenoxy) is 1. The maximum absolute atomic E-state index is 13.3. The predicted molar refractivity (Wildman–Crippen MR) is 110 cm³/mol. The van der Waals surface area contributed by atoms with Crippen molar-refractivity contribution in [2.45, 2.75) is 38.5 Å². The third-order valence-corrected chi connectivity index (χ3v) is 6.69. The molecule has 0 radical (unpaired) electrons. The van der Waals surface area contributed by atoms with Crippen LogP contribution in [-0.4, -0.2) is 18.9 Å². The maximum atomic E-state index is 13.3. The predicted octanol–water partition coefficient (Wildman–Crippen LogP) is 4.73. The zero-order chi connectivity index (χ0) is 20.7. The highest BCUT2D eigenvalue weighted by Gasteiger charge is 2.41. The molecule has 0 spiro atoms. The van der Waals surface area contributed by atoms with Crippen molar-refractivity contribution in [2.24, 2.45) is 0 Å². The monoisotopic (exact) mass is 411 g/mol. The number of esters is 1. The summed E-state index contributed by atoms with van der Waals surface area (Å²) in [6, 6.07) is 10.3. The molecule has 1 aliphatic carbocycles. The van der Waals surface area contributed by atoms with Gasteiger partial charge in [0.25, 0.3) is 0 Å². The van der Waals surface area contributed by atoms with Crippen LogP contribution >= 0.6 is 11.3 Å². The Bertz CT molecular complexity index is 1050. The summed E-state index contributed by atoms with van der Waals surface area (Å²) in [5.74, 6) is -1.14. The first-order chi connectivity index (χ1) is 13.9. The fourth-order valence-electron chi connectivity index (χ4n) is 4.28. The molecular weight excluding hydrogens is 389 g/mol. The van der Waals surface area contributed by atoms with E-state index in [1.54, 1.807) is 23.5 Å². The number of halogens is 1. The van der Waals surface area contributed by atoms with Crippen molar-refractivity contribution in [2.75, 3.05) is 7.11 Å². The second kappa shape index (κ2) is 7.59. The molecule has 0 amide bonds. The Balaban J connectivity index is 1.78. The van der Waals surface area contributed by atoms with Crippen LogP contribution in [0.3, 0.4) is 0 Å². The van der Waals surface area contributed by atoms with Crippen LogP contribution in [0.4, 0.5) is 4.39 Å². The van der Waals surface area contributed by atoms with Gasteiger partial charge in [-0.2, -0.15) is 0 Å². The molecule has 0 fully saturated rings. The lowest BCUT2D eigenvalue weighted by atomic mass is 9.73. The number of benzene rings is 1.